The molecule has 0 aliphatic rings. The molecule has 15 nitrogen and oxygen atoms in total. The highest BCUT2D eigenvalue weighted by atomic mass is 16.6. The van der Waals surface area contributed by atoms with Crippen molar-refractivity contribution in [2.24, 2.45) is 0 Å². The van der Waals surface area contributed by atoms with Crippen LogP contribution in [0.4, 0.5) is 0 Å². The molecule has 0 fully saturated rings. The standard InChI is InChI=1S/C30H54O15/c1-3-29(31)44-27-25-42-23-21-40-19-17-38-15-13-36-11-9-34-7-5-33-6-8-35-10-12-37-14-16-39-18-20-41-22-24-43-26-28-45-30(32)4-2/h3-4H,1-2,5-28H2. The Morgan fingerprint density at radius 3 is 0.556 bits per heavy atom. The fraction of sp³-hybridized carbons (Fsp3) is 0.800. The van der Waals surface area contributed by atoms with Gasteiger partial charge in [-0.25, -0.2) is 9.59 Å². The van der Waals surface area contributed by atoms with Crippen LogP contribution in [-0.2, 0) is 71.2 Å². The van der Waals surface area contributed by atoms with E-state index in [1.54, 1.807) is 0 Å². The molecule has 0 aromatic heterocycles. The Labute approximate surface area is 267 Å². The Morgan fingerprint density at radius 2 is 0.422 bits per heavy atom. The van der Waals surface area contributed by atoms with E-state index < -0.39 is 11.9 Å². The van der Waals surface area contributed by atoms with E-state index in [4.69, 9.17) is 61.6 Å². The lowest BCUT2D eigenvalue weighted by Gasteiger charge is -2.09. The number of carbonyl (C=O) groups is 2. The average molecular weight is 655 g/mol. The van der Waals surface area contributed by atoms with Gasteiger partial charge in [-0.15, -0.1) is 0 Å². The van der Waals surface area contributed by atoms with Crippen LogP contribution in [0.2, 0.25) is 0 Å². The lowest BCUT2D eigenvalue weighted by atomic mass is 10.6. The van der Waals surface area contributed by atoms with Crippen LogP contribution < -0.4 is 0 Å². The van der Waals surface area contributed by atoms with Gasteiger partial charge in [0.05, 0.1) is 145 Å². The van der Waals surface area contributed by atoms with Crippen molar-refractivity contribution in [1.29, 1.82) is 0 Å². The zero-order valence-electron chi connectivity index (χ0n) is 26.7. The van der Waals surface area contributed by atoms with Crippen molar-refractivity contribution in [3.8, 4) is 0 Å². The van der Waals surface area contributed by atoms with Gasteiger partial charge in [0.2, 0.25) is 0 Å². The maximum atomic E-state index is 10.8. The molecule has 0 unspecified atom stereocenters. The molecule has 0 bridgehead atoms. The average Bonchev–Trinajstić information content (AvgIpc) is 3.05. The Bertz CT molecular complexity index is 611. The van der Waals surface area contributed by atoms with Gasteiger partial charge in [-0.3, -0.25) is 0 Å². The van der Waals surface area contributed by atoms with E-state index in [2.05, 4.69) is 13.2 Å². The van der Waals surface area contributed by atoms with Crippen LogP contribution in [0.1, 0.15) is 0 Å². The van der Waals surface area contributed by atoms with Crippen molar-refractivity contribution in [2.45, 2.75) is 0 Å². The van der Waals surface area contributed by atoms with Crippen LogP contribution in [-0.4, -0.2) is 171 Å². The molecule has 0 N–H and O–H groups in total. The number of carbonyl (C=O) groups excluding carboxylic acids is 2. The molecule has 0 atom stereocenters. The van der Waals surface area contributed by atoms with E-state index >= 15 is 0 Å². The minimum absolute atomic E-state index is 0.193. The Kier molecular flexibility index (Phi) is 36.5. The molecule has 0 aromatic carbocycles. The normalized spacial score (nSPS) is 11.0. The molecule has 0 amide bonds. The molecule has 0 saturated carbocycles. The summed E-state index contributed by atoms with van der Waals surface area (Å²) in [6, 6.07) is 0. The largest absolute Gasteiger partial charge is 0.460 e. The zero-order valence-corrected chi connectivity index (χ0v) is 26.7. The molecule has 15 heteroatoms. The van der Waals surface area contributed by atoms with Crippen LogP contribution in [0.15, 0.2) is 25.3 Å². The molecule has 264 valence electrons. The summed E-state index contributed by atoms with van der Waals surface area (Å²) in [6.45, 7) is 17.0. The molecule has 0 aromatic rings. The predicted molar refractivity (Wildman–Crippen MR) is 161 cm³/mol. The highest BCUT2D eigenvalue weighted by molar-refractivity contribution is 5.81. The summed E-state index contributed by atoms with van der Waals surface area (Å²) in [5.41, 5.74) is 0. The molecular weight excluding hydrogens is 600 g/mol. The van der Waals surface area contributed by atoms with Crippen molar-refractivity contribution >= 4 is 11.9 Å². The SMILES string of the molecule is C=CC(=O)OCCOCCOCCOCCOCCOCCOCCOCCOCCOCCOCCOCCOC(=O)C=C. The Hall–Kier alpha value is -2.02. The molecular formula is C30H54O15. The molecule has 0 rings (SSSR count). The molecule has 0 radical (unpaired) electrons. The van der Waals surface area contributed by atoms with Gasteiger partial charge in [0.1, 0.15) is 13.2 Å². The van der Waals surface area contributed by atoms with E-state index in [-0.39, 0.29) is 13.2 Å². The summed E-state index contributed by atoms with van der Waals surface area (Å²) in [7, 11) is 0. The Morgan fingerprint density at radius 1 is 0.289 bits per heavy atom. The summed E-state index contributed by atoms with van der Waals surface area (Å²) in [5, 5.41) is 0. The summed E-state index contributed by atoms with van der Waals surface area (Å²) >= 11 is 0. The smallest absolute Gasteiger partial charge is 0.330 e. The van der Waals surface area contributed by atoms with Crippen molar-refractivity contribution in [3.05, 3.63) is 25.3 Å². The molecule has 0 heterocycles. The molecule has 45 heavy (non-hydrogen) atoms. The van der Waals surface area contributed by atoms with Crippen LogP contribution >= 0.6 is 0 Å². The van der Waals surface area contributed by atoms with Gasteiger partial charge >= 0.3 is 11.9 Å². The lowest BCUT2D eigenvalue weighted by molar-refractivity contribution is -0.140. The first kappa shape index (κ1) is 43.0. The van der Waals surface area contributed by atoms with Crippen LogP contribution in [0.25, 0.3) is 0 Å². The van der Waals surface area contributed by atoms with E-state index in [0.29, 0.717) is 145 Å². The van der Waals surface area contributed by atoms with Crippen molar-refractivity contribution in [2.75, 3.05) is 159 Å². The van der Waals surface area contributed by atoms with Gasteiger partial charge < -0.3 is 61.6 Å². The summed E-state index contributed by atoms with van der Waals surface area (Å²) in [4.78, 5) is 21.7. The van der Waals surface area contributed by atoms with E-state index in [0.717, 1.165) is 12.2 Å². The predicted octanol–water partition coefficient (Wildman–Crippen LogP) is 0.627. The number of hydrogen-bond donors (Lipinski definition) is 0. The van der Waals surface area contributed by atoms with Gasteiger partial charge in [-0.05, 0) is 0 Å². The second kappa shape index (κ2) is 38.2. The van der Waals surface area contributed by atoms with Gasteiger partial charge in [-0.2, -0.15) is 0 Å². The summed E-state index contributed by atoms with van der Waals surface area (Å²) in [5.74, 6) is -0.927. The number of hydrogen-bond acceptors (Lipinski definition) is 15. The van der Waals surface area contributed by atoms with Crippen molar-refractivity contribution in [3.63, 3.8) is 0 Å². The molecule has 0 aliphatic carbocycles. The van der Waals surface area contributed by atoms with Gasteiger partial charge in [0, 0.05) is 12.2 Å². The summed E-state index contributed by atoms with van der Waals surface area (Å²) in [6.07, 6.45) is 2.22. The molecule has 0 spiro atoms. The van der Waals surface area contributed by atoms with E-state index in [1.165, 1.54) is 0 Å². The number of rotatable bonds is 38. The van der Waals surface area contributed by atoms with E-state index in [9.17, 15) is 9.59 Å². The van der Waals surface area contributed by atoms with Crippen LogP contribution in [0, 0.1) is 0 Å². The second-order valence-electron chi connectivity index (χ2n) is 8.48. The third-order valence-corrected chi connectivity index (χ3v) is 5.00. The minimum Gasteiger partial charge on any atom is -0.460 e. The fourth-order valence-corrected chi connectivity index (χ4v) is 2.82. The summed E-state index contributed by atoms with van der Waals surface area (Å²) < 4.78 is 68.9. The van der Waals surface area contributed by atoms with Crippen LogP contribution in [0.3, 0.4) is 0 Å². The third kappa shape index (κ3) is 38.1. The van der Waals surface area contributed by atoms with E-state index in [1.807, 2.05) is 0 Å². The molecule has 0 aliphatic heterocycles. The number of esters is 2. The quantitative estimate of drug-likeness (QED) is 0.0519. The maximum absolute atomic E-state index is 10.8. The maximum Gasteiger partial charge on any atom is 0.330 e. The number of ether oxygens (including phenoxy) is 13. The van der Waals surface area contributed by atoms with Crippen LogP contribution in [0.5, 0.6) is 0 Å². The first-order valence-electron chi connectivity index (χ1n) is 15.1. The monoisotopic (exact) mass is 654 g/mol. The zero-order chi connectivity index (χ0) is 32.7. The first-order valence-corrected chi connectivity index (χ1v) is 15.1. The molecule has 0 saturated heterocycles. The highest BCUT2D eigenvalue weighted by Crippen LogP contribution is 1.88. The minimum atomic E-state index is -0.463. The first-order chi connectivity index (χ1) is 22.2. The lowest BCUT2D eigenvalue weighted by Crippen LogP contribution is -2.15. The van der Waals surface area contributed by atoms with Gasteiger partial charge in [-0.1, -0.05) is 13.2 Å². The van der Waals surface area contributed by atoms with Crippen molar-refractivity contribution in [1.82, 2.24) is 0 Å². The highest BCUT2D eigenvalue weighted by Gasteiger charge is 1.98. The second-order valence-corrected chi connectivity index (χ2v) is 8.48. The van der Waals surface area contributed by atoms with Gasteiger partial charge in [0.25, 0.3) is 0 Å². The van der Waals surface area contributed by atoms with Crippen molar-refractivity contribution < 1.29 is 71.2 Å². The Balaban J connectivity index is 3.07. The fourth-order valence-electron chi connectivity index (χ4n) is 2.82. The third-order valence-electron chi connectivity index (χ3n) is 5.00. The topological polar surface area (TPSA) is 154 Å². The van der Waals surface area contributed by atoms with Gasteiger partial charge in [0.15, 0.2) is 0 Å².